The van der Waals surface area contributed by atoms with Crippen LogP contribution in [0.3, 0.4) is 0 Å². The number of hydrogen-bond acceptors (Lipinski definition) is 5. The molecule has 2 aliphatic heterocycles. The number of ether oxygens (including phenoxy) is 1. The van der Waals surface area contributed by atoms with Crippen LogP contribution in [-0.2, 0) is 11.0 Å². The number of alkyl halides is 3. The molecule has 2 aliphatic rings. The summed E-state index contributed by atoms with van der Waals surface area (Å²) in [5, 5.41) is 2.82. The third kappa shape index (κ3) is 5.13. The summed E-state index contributed by atoms with van der Waals surface area (Å²) in [4.78, 5) is 29.0. The molecule has 2 fully saturated rings. The highest BCUT2D eigenvalue weighted by Gasteiger charge is 2.47. The van der Waals surface area contributed by atoms with E-state index in [-0.39, 0.29) is 48.5 Å². The lowest BCUT2D eigenvalue weighted by molar-refractivity contribution is -0.137. The van der Waals surface area contributed by atoms with Crippen LogP contribution in [0.15, 0.2) is 36.4 Å². The second kappa shape index (κ2) is 10.2. The summed E-state index contributed by atoms with van der Waals surface area (Å²) in [7, 11) is 1.72. The molecule has 0 unspecified atom stereocenters. The minimum atomic E-state index is -4.42. The molecule has 0 aromatic heterocycles. The highest BCUT2D eigenvalue weighted by atomic mass is 19.4. The van der Waals surface area contributed by atoms with Crippen LogP contribution in [-0.4, -0.2) is 66.9 Å². The van der Waals surface area contributed by atoms with Gasteiger partial charge in [-0.05, 0) is 81.3 Å². The summed E-state index contributed by atoms with van der Waals surface area (Å²) >= 11 is 0. The standard InChI is InChI=1S/C27H32F3N3O3/c1-16-17(2)25(36-15-23(34)12-31-4)10-9-24(16)18(3)32-13-22-11-21(32)14-33(22)26(35)19-5-7-20(8-6-19)27(28,29)30/h5-10,18,21-22,31H,11-15H2,1-4H3/t18-,21-,22-/m0/s1. The topological polar surface area (TPSA) is 61.9 Å². The number of amides is 1. The molecule has 36 heavy (non-hydrogen) atoms. The van der Waals surface area contributed by atoms with E-state index in [1.54, 1.807) is 11.9 Å². The van der Waals surface area contributed by atoms with E-state index in [0.717, 1.165) is 29.7 Å². The van der Waals surface area contributed by atoms with Gasteiger partial charge in [-0.3, -0.25) is 14.5 Å². The predicted octanol–water partition coefficient (Wildman–Crippen LogP) is 4.15. The number of nitrogens with one attached hydrogen (secondary N) is 1. The van der Waals surface area contributed by atoms with Crippen LogP contribution in [0.5, 0.6) is 5.75 Å². The van der Waals surface area contributed by atoms with E-state index in [1.165, 1.54) is 17.7 Å². The molecule has 194 valence electrons. The average molecular weight is 504 g/mol. The van der Waals surface area contributed by atoms with Crippen molar-refractivity contribution in [1.82, 2.24) is 15.1 Å². The van der Waals surface area contributed by atoms with Crippen molar-refractivity contribution in [2.75, 3.05) is 33.3 Å². The largest absolute Gasteiger partial charge is 0.485 e. The minimum Gasteiger partial charge on any atom is -0.485 e. The Morgan fingerprint density at radius 1 is 1.06 bits per heavy atom. The van der Waals surface area contributed by atoms with Gasteiger partial charge in [0.05, 0.1) is 12.1 Å². The number of Topliss-reactive ketones (excluding diaryl/α,β-unsaturated/α-hetero) is 1. The quantitative estimate of drug-likeness (QED) is 0.587. The lowest BCUT2D eigenvalue weighted by Crippen LogP contribution is -2.49. The number of benzene rings is 2. The van der Waals surface area contributed by atoms with Gasteiger partial charge in [0.1, 0.15) is 12.4 Å². The van der Waals surface area contributed by atoms with Crippen LogP contribution < -0.4 is 10.1 Å². The number of likely N-dealkylation sites (tertiary alicyclic amines) is 2. The van der Waals surface area contributed by atoms with Gasteiger partial charge in [-0.25, -0.2) is 0 Å². The first-order valence-corrected chi connectivity index (χ1v) is 12.1. The van der Waals surface area contributed by atoms with Gasteiger partial charge < -0.3 is 15.0 Å². The zero-order valence-corrected chi connectivity index (χ0v) is 21.0. The monoisotopic (exact) mass is 503 g/mol. The summed E-state index contributed by atoms with van der Waals surface area (Å²) in [5.41, 5.74) is 2.82. The molecule has 0 saturated carbocycles. The second-order valence-electron chi connectivity index (χ2n) is 9.71. The number of ketones is 1. The van der Waals surface area contributed by atoms with E-state index in [2.05, 4.69) is 24.1 Å². The van der Waals surface area contributed by atoms with Crippen LogP contribution in [0.25, 0.3) is 0 Å². The van der Waals surface area contributed by atoms with E-state index in [9.17, 15) is 22.8 Å². The molecule has 1 amide bonds. The van der Waals surface area contributed by atoms with Crippen LogP contribution >= 0.6 is 0 Å². The zero-order valence-electron chi connectivity index (χ0n) is 21.0. The summed E-state index contributed by atoms with van der Waals surface area (Å²) in [6.07, 6.45) is -3.57. The Kier molecular flexibility index (Phi) is 7.43. The molecule has 2 bridgehead atoms. The first-order valence-electron chi connectivity index (χ1n) is 12.1. The van der Waals surface area contributed by atoms with Crippen molar-refractivity contribution < 1.29 is 27.5 Å². The number of rotatable bonds is 8. The molecule has 0 aliphatic carbocycles. The fourth-order valence-corrected chi connectivity index (χ4v) is 5.40. The number of fused-ring (bicyclic) bond motifs is 2. The van der Waals surface area contributed by atoms with Crippen molar-refractivity contribution >= 4 is 11.7 Å². The minimum absolute atomic E-state index is 0.0181. The van der Waals surface area contributed by atoms with E-state index in [1.807, 2.05) is 19.1 Å². The lowest BCUT2D eigenvalue weighted by atomic mass is 9.96. The summed E-state index contributed by atoms with van der Waals surface area (Å²) in [6, 6.07) is 8.77. The molecule has 1 N–H and O–H groups in total. The Morgan fingerprint density at radius 2 is 1.75 bits per heavy atom. The highest BCUT2D eigenvalue weighted by Crippen LogP contribution is 2.39. The first-order chi connectivity index (χ1) is 17.0. The number of nitrogens with zero attached hydrogens (tertiary/aromatic N) is 2. The Morgan fingerprint density at radius 3 is 2.33 bits per heavy atom. The Hall–Kier alpha value is -2.91. The van der Waals surface area contributed by atoms with Gasteiger partial charge >= 0.3 is 6.18 Å². The van der Waals surface area contributed by atoms with Gasteiger partial charge in [0.15, 0.2) is 5.78 Å². The molecule has 4 rings (SSSR count). The maximum absolute atomic E-state index is 13.0. The van der Waals surface area contributed by atoms with Crippen molar-refractivity contribution in [2.45, 2.75) is 51.5 Å². The Bertz CT molecular complexity index is 1130. The molecule has 2 heterocycles. The highest BCUT2D eigenvalue weighted by molar-refractivity contribution is 5.94. The number of likely N-dealkylation sites (N-methyl/N-ethyl adjacent to an activating group) is 1. The molecule has 2 saturated heterocycles. The van der Waals surface area contributed by atoms with Crippen LogP contribution in [0.4, 0.5) is 13.2 Å². The second-order valence-corrected chi connectivity index (χ2v) is 9.71. The predicted molar refractivity (Wildman–Crippen MR) is 130 cm³/mol. The van der Waals surface area contributed by atoms with Crippen LogP contribution in [0, 0.1) is 13.8 Å². The van der Waals surface area contributed by atoms with E-state index >= 15 is 0 Å². The molecular formula is C27H32F3N3O3. The van der Waals surface area contributed by atoms with Gasteiger partial charge in [0, 0.05) is 36.8 Å². The van der Waals surface area contributed by atoms with Crippen molar-refractivity contribution in [3.8, 4) is 5.75 Å². The van der Waals surface area contributed by atoms with Crippen molar-refractivity contribution in [2.24, 2.45) is 0 Å². The van der Waals surface area contributed by atoms with E-state index in [4.69, 9.17) is 4.74 Å². The van der Waals surface area contributed by atoms with Gasteiger partial charge in [0.2, 0.25) is 0 Å². The third-order valence-electron chi connectivity index (χ3n) is 7.49. The zero-order chi connectivity index (χ0) is 26.2. The SMILES string of the molecule is CNCC(=O)COc1ccc([C@H](C)N2C[C@@H]3C[C@H]2CN3C(=O)c2ccc(C(F)(F)F)cc2)c(C)c1C. The molecule has 0 spiro atoms. The number of hydrogen-bond donors (Lipinski definition) is 1. The fraction of sp³-hybridized carbons (Fsp3) is 0.481. The smallest absolute Gasteiger partial charge is 0.416 e. The maximum Gasteiger partial charge on any atom is 0.416 e. The third-order valence-corrected chi connectivity index (χ3v) is 7.49. The molecule has 2 aromatic rings. The number of carbonyl (C=O) groups is 2. The maximum atomic E-state index is 13.0. The molecule has 2 aromatic carbocycles. The van der Waals surface area contributed by atoms with E-state index in [0.29, 0.717) is 18.8 Å². The number of carbonyl (C=O) groups excluding carboxylic acids is 2. The summed E-state index contributed by atoms with van der Waals surface area (Å²) < 4.78 is 44.3. The van der Waals surface area contributed by atoms with Gasteiger partial charge in [-0.2, -0.15) is 13.2 Å². The molecule has 6 nitrogen and oxygen atoms in total. The summed E-state index contributed by atoms with van der Waals surface area (Å²) in [6.45, 7) is 7.76. The first kappa shape index (κ1) is 26.2. The summed E-state index contributed by atoms with van der Waals surface area (Å²) in [5.74, 6) is 0.463. The Balaban J connectivity index is 1.41. The van der Waals surface area contributed by atoms with Crippen LogP contribution in [0.2, 0.25) is 0 Å². The molecule has 0 radical (unpaired) electrons. The van der Waals surface area contributed by atoms with Crippen LogP contribution in [0.1, 0.15) is 52.0 Å². The Labute approximate surface area is 209 Å². The van der Waals surface area contributed by atoms with Crippen molar-refractivity contribution in [3.05, 3.63) is 64.2 Å². The molecule has 9 heteroatoms. The van der Waals surface area contributed by atoms with Crippen molar-refractivity contribution in [3.63, 3.8) is 0 Å². The molecular weight excluding hydrogens is 471 g/mol. The van der Waals surface area contributed by atoms with Gasteiger partial charge in [-0.15, -0.1) is 0 Å². The lowest BCUT2D eigenvalue weighted by Gasteiger charge is -2.38. The fourth-order valence-electron chi connectivity index (χ4n) is 5.40. The van der Waals surface area contributed by atoms with E-state index < -0.39 is 11.7 Å². The van der Waals surface area contributed by atoms with Gasteiger partial charge in [-0.1, -0.05) is 6.07 Å². The molecule has 3 atom stereocenters. The number of piperazine rings is 1. The van der Waals surface area contributed by atoms with Crippen molar-refractivity contribution in [1.29, 1.82) is 0 Å². The van der Waals surface area contributed by atoms with Gasteiger partial charge in [0.25, 0.3) is 5.91 Å². The number of halogens is 3. The normalized spacial score (nSPS) is 20.6. The average Bonchev–Trinajstić information content (AvgIpc) is 3.45.